The van der Waals surface area contributed by atoms with Gasteiger partial charge in [-0.15, -0.1) is 0 Å². The lowest BCUT2D eigenvalue weighted by Gasteiger charge is -2.02. The summed E-state index contributed by atoms with van der Waals surface area (Å²) in [5.41, 5.74) is 0. The fraction of sp³-hybridized carbons (Fsp3) is 0. The Kier molecular flexibility index (Phi) is 3.60. The van der Waals surface area contributed by atoms with Crippen LogP contribution >= 0.6 is 31.0 Å². The highest BCUT2D eigenvalue weighted by atomic mass is 35.5. The third-order valence-corrected chi connectivity index (χ3v) is 4.05. The normalized spacial score (nSPS) is 10.1. The molecule has 0 aliphatic rings. The predicted molar refractivity (Wildman–Crippen MR) is 69.8 cm³/mol. The van der Waals surface area contributed by atoms with Crippen molar-refractivity contribution in [3.63, 3.8) is 0 Å². The minimum absolute atomic E-state index is 0.586. The van der Waals surface area contributed by atoms with E-state index in [-0.39, 0.29) is 0 Å². The van der Waals surface area contributed by atoms with Crippen molar-refractivity contribution in [3.8, 4) is 0 Å². The number of halogens is 2. The molecule has 0 heterocycles. The van der Waals surface area contributed by atoms with Gasteiger partial charge in [0.15, 0.2) is 0 Å². The number of hydrogen-bond donors (Lipinski definition) is 0. The van der Waals surface area contributed by atoms with Crippen molar-refractivity contribution in [3.05, 3.63) is 58.6 Å². The van der Waals surface area contributed by atoms with E-state index >= 15 is 0 Å². The average Bonchev–Trinajstić information content (AvgIpc) is 2.28. The Morgan fingerprint density at radius 3 is 1.62 bits per heavy atom. The van der Waals surface area contributed by atoms with Gasteiger partial charge in [0.05, 0.1) is 0 Å². The van der Waals surface area contributed by atoms with E-state index in [1.807, 2.05) is 0 Å². The first kappa shape index (κ1) is 11.6. The molecule has 4 heteroatoms. The van der Waals surface area contributed by atoms with Crippen LogP contribution in [0.2, 0.25) is 10.0 Å². The molecule has 0 saturated heterocycles. The lowest BCUT2D eigenvalue weighted by Crippen LogP contribution is -2.05. The summed E-state index contributed by atoms with van der Waals surface area (Å²) in [6, 6.07) is 14.1. The van der Waals surface area contributed by atoms with Crippen LogP contribution in [0.1, 0.15) is 0 Å². The standard InChI is InChI=1S/C12H8Cl2OP/c13-9-3-1-5-11(7-9)16(15)12-6-2-4-10(14)8-12/h1-8H. The molecule has 0 fully saturated rings. The molecular weight excluding hydrogens is 262 g/mol. The predicted octanol–water partition coefficient (Wildman–Crippen LogP) is 3.77. The highest BCUT2D eigenvalue weighted by Crippen LogP contribution is 2.22. The van der Waals surface area contributed by atoms with E-state index < -0.39 is 7.80 Å². The van der Waals surface area contributed by atoms with Crippen molar-refractivity contribution >= 4 is 41.6 Å². The van der Waals surface area contributed by atoms with Crippen molar-refractivity contribution in [1.29, 1.82) is 0 Å². The Bertz CT molecular complexity index is 493. The molecule has 1 nitrogen and oxygen atoms in total. The third kappa shape index (κ3) is 2.62. The van der Waals surface area contributed by atoms with Crippen LogP contribution in [0.4, 0.5) is 0 Å². The van der Waals surface area contributed by atoms with Gasteiger partial charge in [0, 0.05) is 20.7 Å². The second-order valence-electron chi connectivity index (χ2n) is 3.25. The zero-order valence-corrected chi connectivity index (χ0v) is 10.6. The molecule has 0 spiro atoms. The summed E-state index contributed by atoms with van der Waals surface area (Å²) >= 11 is 11.7. The van der Waals surface area contributed by atoms with Gasteiger partial charge in [-0.3, -0.25) is 4.57 Å². The number of benzene rings is 2. The molecule has 2 aromatic carbocycles. The molecule has 0 aromatic heterocycles. The maximum absolute atomic E-state index is 12.2. The Morgan fingerprint density at radius 1 is 0.812 bits per heavy atom. The highest BCUT2D eigenvalue weighted by Gasteiger charge is 2.08. The van der Waals surface area contributed by atoms with E-state index in [1.54, 1.807) is 48.5 Å². The van der Waals surface area contributed by atoms with Crippen LogP contribution in [0.25, 0.3) is 0 Å². The van der Waals surface area contributed by atoms with Gasteiger partial charge >= 0.3 is 0 Å². The molecule has 0 bridgehead atoms. The molecule has 0 aliphatic carbocycles. The van der Waals surface area contributed by atoms with Crippen molar-refractivity contribution < 1.29 is 4.57 Å². The average molecular weight is 270 g/mol. The van der Waals surface area contributed by atoms with Gasteiger partial charge in [-0.2, -0.15) is 0 Å². The first-order valence-corrected chi connectivity index (χ1v) is 6.67. The molecular formula is C12H8Cl2OP. The van der Waals surface area contributed by atoms with Crippen LogP contribution in [0.5, 0.6) is 0 Å². The quantitative estimate of drug-likeness (QED) is 0.759. The third-order valence-electron chi connectivity index (χ3n) is 2.09. The van der Waals surface area contributed by atoms with Gasteiger partial charge in [0.25, 0.3) is 0 Å². The van der Waals surface area contributed by atoms with Gasteiger partial charge < -0.3 is 0 Å². The first-order chi connectivity index (χ1) is 7.66. The molecule has 0 atom stereocenters. The van der Waals surface area contributed by atoms with Crippen molar-refractivity contribution in [2.24, 2.45) is 0 Å². The second-order valence-corrected chi connectivity index (χ2v) is 5.75. The molecule has 1 radical (unpaired) electrons. The van der Waals surface area contributed by atoms with Crippen LogP contribution in [-0.2, 0) is 4.57 Å². The van der Waals surface area contributed by atoms with E-state index in [4.69, 9.17) is 23.2 Å². The zero-order chi connectivity index (χ0) is 11.5. The van der Waals surface area contributed by atoms with Crippen LogP contribution in [0.3, 0.4) is 0 Å². The van der Waals surface area contributed by atoms with Gasteiger partial charge in [-0.25, -0.2) is 0 Å². The van der Waals surface area contributed by atoms with Gasteiger partial charge in [0.2, 0.25) is 0 Å². The summed E-state index contributed by atoms with van der Waals surface area (Å²) in [5, 5.41) is 2.60. The van der Waals surface area contributed by atoms with E-state index in [0.717, 1.165) is 0 Å². The molecule has 2 aromatic rings. The molecule has 0 amide bonds. The minimum Gasteiger partial charge on any atom is -0.277 e. The van der Waals surface area contributed by atoms with E-state index in [2.05, 4.69) is 0 Å². The van der Waals surface area contributed by atoms with E-state index in [0.29, 0.717) is 20.7 Å². The van der Waals surface area contributed by atoms with E-state index in [9.17, 15) is 4.57 Å². The summed E-state index contributed by atoms with van der Waals surface area (Å²) in [4.78, 5) is 0. The maximum atomic E-state index is 12.2. The molecule has 0 unspecified atom stereocenters. The molecule has 0 saturated carbocycles. The lowest BCUT2D eigenvalue weighted by molar-refractivity contribution is 0.598. The topological polar surface area (TPSA) is 17.1 Å². The molecule has 2 rings (SSSR count). The van der Waals surface area contributed by atoms with Crippen molar-refractivity contribution in [2.75, 3.05) is 0 Å². The Morgan fingerprint density at radius 2 is 1.25 bits per heavy atom. The fourth-order valence-electron chi connectivity index (χ4n) is 1.35. The van der Waals surface area contributed by atoms with Gasteiger partial charge in [-0.05, 0) is 36.4 Å². The zero-order valence-electron chi connectivity index (χ0n) is 8.23. The summed E-state index contributed by atoms with van der Waals surface area (Å²) < 4.78 is 12.2. The fourth-order valence-corrected chi connectivity index (χ4v) is 3.14. The monoisotopic (exact) mass is 269 g/mol. The maximum Gasteiger partial charge on any atom is 0.136 e. The largest absolute Gasteiger partial charge is 0.277 e. The first-order valence-electron chi connectivity index (χ1n) is 4.65. The Hall–Kier alpha value is -0.880. The summed E-state index contributed by atoms with van der Waals surface area (Å²) in [5.74, 6) is 0. The summed E-state index contributed by atoms with van der Waals surface area (Å²) in [6.07, 6.45) is 0. The van der Waals surface area contributed by atoms with Crippen LogP contribution in [0.15, 0.2) is 48.5 Å². The summed E-state index contributed by atoms with van der Waals surface area (Å²) in [6.45, 7) is 0. The minimum atomic E-state index is -1.62. The van der Waals surface area contributed by atoms with Crippen molar-refractivity contribution in [2.45, 2.75) is 0 Å². The Balaban J connectivity index is 2.39. The van der Waals surface area contributed by atoms with Gasteiger partial charge in [0.1, 0.15) is 7.80 Å². The molecule has 81 valence electrons. The number of rotatable bonds is 2. The van der Waals surface area contributed by atoms with Crippen LogP contribution in [0, 0.1) is 0 Å². The lowest BCUT2D eigenvalue weighted by atomic mass is 10.4. The molecule has 0 N–H and O–H groups in total. The number of hydrogen-bond acceptors (Lipinski definition) is 1. The van der Waals surface area contributed by atoms with Gasteiger partial charge in [-0.1, -0.05) is 35.3 Å². The molecule has 16 heavy (non-hydrogen) atoms. The smallest absolute Gasteiger partial charge is 0.136 e. The van der Waals surface area contributed by atoms with E-state index in [1.165, 1.54) is 0 Å². The molecule has 0 aliphatic heterocycles. The summed E-state index contributed by atoms with van der Waals surface area (Å²) in [7, 11) is -1.62. The van der Waals surface area contributed by atoms with Crippen LogP contribution < -0.4 is 10.6 Å². The SMILES string of the molecule is O=[P](c1cccc(Cl)c1)c1cccc(Cl)c1. The van der Waals surface area contributed by atoms with Crippen molar-refractivity contribution in [1.82, 2.24) is 0 Å². The van der Waals surface area contributed by atoms with Crippen LogP contribution in [-0.4, -0.2) is 0 Å². The Labute approximate surface area is 105 Å². The highest BCUT2D eigenvalue weighted by molar-refractivity contribution is 7.61. The second kappa shape index (κ2) is 4.97.